The number of rotatable bonds is 7. The van der Waals surface area contributed by atoms with Gasteiger partial charge in [0, 0.05) is 24.2 Å². The molecule has 0 aliphatic heterocycles. The Morgan fingerprint density at radius 1 is 1.19 bits per heavy atom. The van der Waals surface area contributed by atoms with E-state index in [9.17, 15) is 13.9 Å². The number of benzene rings is 2. The standard InChI is InChI=1S/C19H20F2N4O/c1-14(23-10-15-5-3-2-4-6-15)19(26,11-25-13-22-12-24-25)17-8-7-16(20)9-18(17)21/h2-9,12-14,23,26H,10-11H2,1H3/t14-,19-/m1/s1. The number of hydrogen-bond acceptors (Lipinski definition) is 4. The van der Waals surface area contributed by atoms with Crippen molar-refractivity contribution in [3.05, 3.63) is 83.9 Å². The van der Waals surface area contributed by atoms with Gasteiger partial charge in [0.1, 0.15) is 29.9 Å². The first-order valence-electron chi connectivity index (χ1n) is 8.26. The summed E-state index contributed by atoms with van der Waals surface area (Å²) in [4.78, 5) is 3.86. The maximum atomic E-state index is 14.4. The summed E-state index contributed by atoms with van der Waals surface area (Å²) < 4.78 is 29.2. The molecule has 136 valence electrons. The quantitative estimate of drug-likeness (QED) is 0.682. The summed E-state index contributed by atoms with van der Waals surface area (Å²) in [6.45, 7) is 2.21. The summed E-state index contributed by atoms with van der Waals surface area (Å²) in [5.41, 5.74) is -0.621. The van der Waals surface area contributed by atoms with E-state index >= 15 is 0 Å². The van der Waals surface area contributed by atoms with Crippen molar-refractivity contribution in [2.45, 2.75) is 31.7 Å². The van der Waals surface area contributed by atoms with Crippen LogP contribution in [0.3, 0.4) is 0 Å². The van der Waals surface area contributed by atoms with E-state index in [-0.39, 0.29) is 12.1 Å². The first-order valence-corrected chi connectivity index (χ1v) is 8.26. The Morgan fingerprint density at radius 2 is 1.96 bits per heavy atom. The molecule has 7 heteroatoms. The molecule has 1 aromatic heterocycles. The lowest BCUT2D eigenvalue weighted by Crippen LogP contribution is -2.49. The second-order valence-electron chi connectivity index (χ2n) is 6.23. The molecule has 3 aromatic rings. The Kier molecular flexibility index (Phi) is 5.39. The summed E-state index contributed by atoms with van der Waals surface area (Å²) in [6.07, 6.45) is 2.78. The lowest BCUT2D eigenvalue weighted by molar-refractivity contribution is -0.0206. The molecule has 0 aliphatic carbocycles. The molecule has 0 saturated carbocycles. The van der Waals surface area contributed by atoms with Crippen LogP contribution in [0.5, 0.6) is 0 Å². The van der Waals surface area contributed by atoms with E-state index in [2.05, 4.69) is 15.4 Å². The highest BCUT2D eigenvalue weighted by molar-refractivity contribution is 5.27. The number of nitrogens with one attached hydrogen (secondary N) is 1. The molecule has 2 atom stereocenters. The molecule has 0 aliphatic rings. The van der Waals surface area contributed by atoms with Gasteiger partial charge in [0.15, 0.2) is 0 Å². The molecule has 2 aromatic carbocycles. The van der Waals surface area contributed by atoms with E-state index in [0.717, 1.165) is 17.7 Å². The SMILES string of the molecule is C[C@@H](NCc1ccccc1)[C@](O)(Cn1cncn1)c1ccc(F)cc1F. The van der Waals surface area contributed by atoms with Crippen LogP contribution in [0.25, 0.3) is 0 Å². The van der Waals surface area contributed by atoms with Gasteiger partial charge in [-0.1, -0.05) is 36.4 Å². The monoisotopic (exact) mass is 358 g/mol. The number of hydrogen-bond donors (Lipinski definition) is 2. The van der Waals surface area contributed by atoms with Crippen LogP contribution in [0, 0.1) is 11.6 Å². The molecule has 0 fully saturated rings. The normalized spacial score (nSPS) is 14.8. The average Bonchev–Trinajstić information content (AvgIpc) is 3.13. The summed E-state index contributed by atoms with van der Waals surface area (Å²) in [5.74, 6) is -1.50. The van der Waals surface area contributed by atoms with Crippen molar-refractivity contribution in [1.29, 1.82) is 0 Å². The Balaban J connectivity index is 1.88. The van der Waals surface area contributed by atoms with E-state index in [1.54, 1.807) is 6.92 Å². The van der Waals surface area contributed by atoms with Gasteiger partial charge >= 0.3 is 0 Å². The molecule has 1 heterocycles. The lowest BCUT2D eigenvalue weighted by Gasteiger charge is -2.35. The Labute approximate surface area is 150 Å². The third kappa shape index (κ3) is 3.95. The molecule has 0 bridgehead atoms. The van der Waals surface area contributed by atoms with Gasteiger partial charge in [0.25, 0.3) is 0 Å². The van der Waals surface area contributed by atoms with Gasteiger partial charge in [-0.25, -0.2) is 18.4 Å². The zero-order chi connectivity index (χ0) is 18.6. The Hall–Kier alpha value is -2.64. The summed E-state index contributed by atoms with van der Waals surface area (Å²) in [5, 5.41) is 18.6. The molecule has 0 radical (unpaired) electrons. The average molecular weight is 358 g/mol. The van der Waals surface area contributed by atoms with Gasteiger partial charge in [0.05, 0.1) is 6.54 Å². The van der Waals surface area contributed by atoms with Crippen LogP contribution in [0.4, 0.5) is 8.78 Å². The van der Waals surface area contributed by atoms with Gasteiger partial charge in [-0.05, 0) is 18.6 Å². The predicted molar refractivity (Wildman–Crippen MR) is 93.0 cm³/mol. The second kappa shape index (κ2) is 7.72. The van der Waals surface area contributed by atoms with Gasteiger partial charge in [-0.3, -0.25) is 0 Å². The van der Waals surface area contributed by atoms with Crippen molar-refractivity contribution in [2.75, 3.05) is 0 Å². The molecule has 0 spiro atoms. The van der Waals surface area contributed by atoms with E-state index in [0.29, 0.717) is 6.54 Å². The van der Waals surface area contributed by atoms with Gasteiger partial charge < -0.3 is 10.4 Å². The largest absolute Gasteiger partial charge is 0.381 e. The first kappa shape index (κ1) is 18.2. The zero-order valence-corrected chi connectivity index (χ0v) is 14.3. The molecule has 0 amide bonds. The highest BCUT2D eigenvalue weighted by atomic mass is 19.1. The summed E-state index contributed by atoms with van der Waals surface area (Å²) in [7, 11) is 0. The van der Waals surface area contributed by atoms with Crippen LogP contribution in [0.2, 0.25) is 0 Å². The minimum absolute atomic E-state index is 0.00228. The number of nitrogens with zero attached hydrogens (tertiary/aromatic N) is 3. The van der Waals surface area contributed by atoms with E-state index < -0.39 is 23.3 Å². The minimum Gasteiger partial charge on any atom is -0.381 e. The molecule has 3 rings (SSSR count). The molecular weight excluding hydrogens is 338 g/mol. The molecule has 0 unspecified atom stereocenters. The Morgan fingerprint density at radius 3 is 2.62 bits per heavy atom. The first-order chi connectivity index (χ1) is 12.5. The highest BCUT2D eigenvalue weighted by Crippen LogP contribution is 2.30. The summed E-state index contributed by atoms with van der Waals surface area (Å²) in [6, 6.07) is 12.3. The fourth-order valence-corrected chi connectivity index (χ4v) is 2.89. The Bertz CT molecular complexity index is 842. The van der Waals surface area contributed by atoms with Crippen molar-refractivity contribution in [2.24, 2.45) is 0 Å². The maximum absolute atomic E-state index is 14.4. The molecule has 0 saturated heterocycles. The number of aromatic nitrogens is 3. The van der Waals surface area contributed by atoms with Gasteiger partial charge in [0.2, 0.25) is 0 Å². The van der Waals surface area contributed by atoms with Crippen molar-refractivity contribution >= 4 is 0 Å². The van der Waals surface area contributed by atoms with E-state index in [4.69, 9.17) is 0 Å². The van der Waals surface area contributed by atoms with E-state index in [1.165, 1.54) is 23.4 Å². The minimum atomic E-state index is -1.65. The highest BCUT2D eigenvalue weighted by Gasteiger charge is 2.39. The molecule has 5 nitrogen and oxygen atoms in total. The topological polar surface area (TPSA) is 63.0 Å². The van der Waals surface area contributed by atoms with Crippen LogP contribution < -0.4 is 5.32 Å². The third-order valence-corrected chi connectivity index (χ3v) is 4.44. The fourth-order valence-electron chi connectivity index (χ4n) is 2.89. The summed E-state index contributed by atoms with van der Waals surface area (Å²) >= 11 is 0. The number of halogens is 2. The van der Waals surface area contributed by atoms with Crippen molar-refractivity contribution in [3.63, 3.8) is 0 Å². The lowest BCUT2D eigenvalue weighted by atomic mass is 9.86. The van der Waals surface area contributed by atoms with Crippen LogP contribution in [-0.2, 0) is 18.7 Å². The van der Waals surface area contributed by atoms with Crippen molar-refractivity contribution < 1.29 is 13.9 Å². The van der Waals surface area contributed by atoms with Crippen LogP contribution in [0.15, 0.2) is 61.2 Å². The maximum Gasteiger partial charge on any atom is 0.137 e. The van der Waals surface area contributed by atoms with Crippen LogP contribution in [-0.4, -0.2) is 25.9 Å². The van der Waals surface area contributed by atoms with Crippen molar-refractivity contribution in [1.82, 2.24) is 20.1 Å². The molecular formula is C19H20F2N4O. The molecule has 2 N–H and O–H groups in total. The van der Waals surface area contributed by atoms with Crippen LogP contribution >= 0.6 is 0 Å². The van der Waals surface area contributed by atoms with E-state index in [1.807, 2.05) is 30.3 Å². The predicted octanol–water partition coefficient (Wildman–Crippen LogP) is 2.62. The fraction of sp³-hybridized carbons (Fsp3) is 0.263. The molecule has 26 heavy (non-hydrogen) atoms. The smallest absolute Gasteiger partial charge is 0.137 e. The van der Waals surface area contributed by atoms with Gasteiger partial charge in [-0.15, -0.1) is 0 Å². The number of aliphatic hydroxyl groups is 1. The van der Waals surface area contributed by atoms with Crippen molar-refractivity contribution in [3.8, 4) is 0 Å². The zero-order valence-electron chi connectivity index (χ0n) is 14.3. The third-order valence-electron chi connectivity index (χ3n) is 4.44. The second-order valence-corrected chi connectivity index (χ2v) is 6.23. The van der Waals surface area contributed by atoms with Crippen LogP contribution in [0.1, 0.15) is 18.1 Å². The van der Waals surface area contributed by atoms with Gasteiger partial charge in [-0.2, -0.15) is 5.10 Å².